The zero-order valence-electron chi connectivity index (χ0n) is 9.20. The Morgan fingerprint density at radius 3 is 3.00 bits per heavy atom. The fourth-order valence-corrected chi connectivity index (χ4v) is 2.15. The third-order valence-corrected chi connectivity index (χ3v) is 3.16. The van der Waals surface area contributed by atoms with Crippen molar-refractivity contribution in [3.8, 4) is 6.07 Å². The summed E-state index contributed by atoms with van der Waals surface area (Å²) < 4.78 is 18.3. The van der Waals surface area contributed by atoms with Gasteiger partial charge in [0.25, 0.3) is 0 Å². The first-order valence-corrected chi connectivity index (χ1v) is 6.18. The molecule has 0 heterocycles. The number of benzene rings is 1. The van der Waals surface area contributed by atoms with Gasteiger partial charge in [0, 0.05) is 19.5 Å². The summed E-state index contributed by atoms with van der Waals surface area (Å²) >= 11 is 1.65. The standard InChI is InChI=1S/C12H14FNOS/c1-15-5-2-6-16-9-11-7-10(8-14)3-4-12(11)13/h3-4,7H,2,5-6,9H2,1H3. The third-order valence-electron chi connectivity index (χ3n) is 2.07. The van der Waals surface area contributed by atoms with Crippen molar-refractivity contribution < 1.29 is 9.13 Å². The topological polar surface area (TPSA) is 33.0 Å². The van der Waals surface area contributed by atoms with Crippen molar-refractivity contribution in [1.29, 1.82) is 5.26 Å². The number of halogens is 1. The van der Waals surface area contributed by atoms with Gasteiger partial charge in [-0.15, -0.1) is 0 Å². The van der Waals surface area contributed by atoms with Crippen LogP contribution in [0, 0.1) is 17.1 Å². The van der Waals surface area contributed by atoms with E-state index in [1.54, 1.807) is 24.9 Å². The summed E-state index contributed by atoms with van der Waals surface area (Å²) in [6.45, 7) is 0.730. The van der Waals surface area contributed by atoms with Crippen LogP contribution >= 0.6 is 11.8 Å². The van der Waals surface area contributed by atoms with Gasteiger partial charge in [-0.25, -0.2) is 4.39 Å². The molecule has 0 unspecified atom stereocenters. The van der Waals surface area contributed by atoms with E-state index < -0.39 is 0 Å². The second-order valence-corrected chi connectivity index (χ2v) is 4.42. The van der Waals surface area contributed by atoms with E-state index in [4.69, 9.17) is 10.00 Å². The predicted octanol–water partition coefficient (Wildman–Crippen LogP) is 2.97. The molecule has 86 valence electrons. The molecule has 2 nitrogen and oxygen atoms in total. The predicted molar refractivity (Wildman–Crippen MR) is 63.8 cm³/mol. The molecule has 1 rings (SSSR count). The average molecular weight is 239 g/mol. The van der Waals surface area contributed by atoms with Gasteiger partial charge in [-0.3, -0.25) is 0 Å². The smallest absolute Gasteiger partial charge is 0.127 e. The van der Waals surface area contributed by atoms with Crippen LogP contribution in [-0.2, 0) is 10.5 Å². The lowest BCUT2D eigenvalue weighted by Crippen LogP contribution is -1.93. The van der Waals surface area contributed by atoms with Crippen LogP contribution in [0.15, 0.2) is 18.2 Å². The van der Waals surface area contributed by atoms with Gasteiger partial charge in [0.2, 0.25) is 0 Å². The van der Waals surface area contributed by atoms with E-state index in [0.29, 0.717) is 16.9 Å². The monoisotopic (exact) mass is 239 g/mol. The first kappa shape index (κ1) is 13.0. The Morgan fingerprint density at radius 2 is 2.31 bits per heavy atom. The van der Waals surface area contributed by atoms with Crippen molar-refractivity contribution in [2.24, 2.45) is 0 Å². The van der Waals surface area contributed by atoms with Crippen LogP contribution in [-0.4, -0.2) is 19.5 Å². The third kappa shape index (κ3) is 4.21. The van der Waals surface area contributed by atoms with E-state index in [0.717, 1.165) is 18.8 Å². The second kappa shape index (κ2) is 7.26. The van der Waals surface area contributed by atoms with Crippen LogP contribution in [0.3, 0.4) is 0 Å². The van der Waals surface area contributed by atoms with Crippen molar-refractivity contribution in [3.05, 3.63) is 35.1 Å². The molecule has 0 spiro atoms. The van der Waals surface area contributed by atoms with Crippen LogP contribution in [0.2, 0.25) is 0 Å². The van der Waals surface area contributed by atoms with E-state index in [-0.39, 0.29) is 5.82 Å². The number of nitriles is 1. The maximum atomic E-state index is 13.3. The molecule has 0 fully saturated rings. The minimum atomic E-state index is -0.238. The number of hydrogen-bond donors (Lipinski definition) is 0. The molecule has 0 aliphatic heterocycles. The van der Waals surface area contributed by atoms with E-state index in [9.17, 15) is 4.39 Å². The molecule has 0 saturated heterocycles. The summed E-state index contributed by atoms with van der Waals surface area (Å²) in [5.41, 5.74) is 1.11. The Hall–Kier alpha value is -1.05. The highest BCUT2D eigenvalue weighted by atomic mass is 32.2. The molecule has 1 aromatic carbocycles. The lowest BCUT2D eigenvalue weighted by Gasteiger charge is -2.03. The summed E-state index contributed by atoms with van der Waals surface area (Å²) in [5, 5.41) is 8.70. The van der Waals surface area contributed by atoms with Gasteiger partial charge in [-0.05, 0) is 35.9 Å². The number of rotatable bonds is 6. The average Bonchev–Trinajstić information content (AvgIpc) is 2.31. The Bertz CT molecular complexity index is 376. The van der Waals surface area contributed by atoms with Gasteiger partial charge >= 0.3 is 0 Å². The molecule has 0 atom stereocenters. The fraction of sp³-hybridized carbons (Fsp3) is 0.417. The van der Waals surface area contributed by atoms with Gasteiger partial charge < -0.3 is 4.74 Å². The molecule has 0 aliphatic carbocycles. The van der Waals surface area contributed by atoms with Gasteiger partial charge in [-0.2, -0.15) is 17.0 Å². The number of nitrogens with zero attached hydrogens (tertiary/aromatic N) is 1. The molecule has 0 aromatic heterocycles. The summed E-state index contributed by atoms with van der Waals surface area (Å²) in [6.07, 6.45) is 0.959. The lowest BCUT2D eigenvalue weighted by molar-refractivity contribution is 0.200. The highest BCUT2D eigenvalue weighted by Crippen LogP contribution is 2.17. The van der Waals surface area contributed by atoms with Crippen molar-refractivity contribution in [2.45, 2.75) is 12.2 Å². The minimum Gasteiger partial charge on any atom is -0.385 e. The zero-order chi connectivity index (χ0) is 11.8. The number of ether oxygens (including phenoxy) is 1. The molecular weight excluding hydrogens is 225 g/mol. The largest absolute Gasteiger partial charge is 0.385 e. The van der Waals surface area contributed by atoms with Crippen LogP contribution in [0.25, 0.3) is 0 Å². The minimum absolute atomic E-state index is 0.238. The lowest BCUT2D eigenvalue weighted by atomic mass is 10.1. The van der Waals surface area contributed by atoms with E-state index >= 15 is 0 Å². The molecule has 4 heteroatoms. The van der Waals surface area contributed by atoms with E-state index in [1.807, 2.05) is 6.07 Å². The van der Waals surface area contributed by atoms with Crippen molar-refractivity contribution in [3.63, 3.8) is 0 Å². The number of hydrogen-bond acceptors (Lipinski definition) is 3. The molecule has 0 saturated carbocycles. The highest BCUT2D eigenvalue weighted by molar-refractivity contribution is 7.98. The molecule has 0 bridgehead atoms. The Morgan fingerprint density at radius 1 is 1.50 bits per heavy atom. The van der Waals surface area contributed by atoms with Gasteiger partial charge in [0.1, 0.15) is 5.82 Å². The highest BCUT2D eigenvalue weighted by Gasteiger charge is 2.03. The maximum Gasteiger partial charge on any atom is 0.127 e. The van der Waals surface area contributed by atoms with Crippen molar-refractivity contribution in [2.75, 3.05) is 19.5 Å². The first-order chi connectivity index (χ1) is 7.77. The zero-order valence-corrected chi connectivity index (χ0v) is 10.0. The first-order valence-electron chi connectivity index (χ1n) is 5.03. The van der Waals surface area contributed by atoms with E-state index in [1.165, 1.54) is 12.1 Å². The molecule has 16 heavy (non-hydrogen) atoms. The van der Waals surface area contributed by atoms with E-state index in [2.05, 4.69) is 0 Å². The number of thioether (sulfide) groups is 1. The Balaban J connectivity index is 2.44. The molecule has 0 radical (unpaired) electrons. The molecular formula is C12H14FNOS. The van der Waals surface area contributed by atoms with Crippen LogP contribution < -0.4 is 0 Å². The van der Waals surface area contributed by atoms with Crippen molar-refractivity contribution in [1.82, 2.24) is 0 Å². The SMILES string of the molecule is COCCCSCc1cc(C#N)ccc1F. The molecule has 0 amide bonds. The van der Waals surface area contributed by atoms with Crippen LogP contribution in [0.5, 0.6) is 0 Å². The normalized spacial score (nSPS) is 10.1. The van der Waals surface area contributed by atoms with Gasteiger partial charge in [0.15, 0.2) is 0 Å². The molecule has 0 N–H and O–H groups in total. The second-order valence-electron chi connectivity index (χ2n) is 3.32. The van der Waals surface area contributed by atoms with Gasteiger partial charge in [-0.1, -0.05) is 0 Å². The summed E-state index contributed by atoms with van der Waals surface area (Å²) in [4.78, 5) is 0. The summed E-state index contributed by atoms with van der Waals surface area (Å²) in [6, 6.07) is 6.46. The fourth-order valence-electron chi connectivity index (χ4n) is 1.24. The molecule has 0 aliphatic rings. The van der Waals surface area contributed by atoms with Crippen molar-refractivity contribution >= 4 is 11.8 Å². The van der Waals surface area contributed by atoms with Crippen LogP contribution in [0.1, 0.15) is 17.5 Å². The number of methoxy groups -OCH3 is 1. The van der Waals surface area contributed by atoms with Crippen LogP contribution in [0.4, 0.5) is 4.39 Å². The quantitative estimate of drug-likeness (QED) is 0.715. The Kier molecular flexibility index (Phi) is 5.91. The Labute approximate surface area is 99.4 Å². The summed E-state index contributed by atoms with van der Waals surface area (Å²) in [7, 11) is 1.67. The molecule has 1 aromatic rings. The van der Waals surface area contributed by atoms with Gasteiger partial charge in [0.05, 0.1) is 11.6 Å². The maximum absolute atomic E-state index is 13.3. The summed E-state index contributed by atoms with van der Waals surface area (Å²) in [5.74, 6) is 1.30.